The van der Waals surface area contributed by atoms with E-state index in [1.165, 1.54) is 10.6 Å². The minimum absolute atomic E-state index is 0.0744. The molecule has 0 unspecified atom stereocenters. The molecule has 0 spiro atoms. The Kier molecular flexibility index (Phi) is 2.82. The molecule has 4 heteroatoms. The largest absolute Gasteiger partial charge is 0.363 e. The molecule has 0 radical (unpaired) electrons. The maximum absolute atomic E-state index is 12.2. The normalized spacial score (nSPS) is 23.5. The lowest BCUT2D eigenvalue weighted by Crippen LogP contribution is -2.35. The zero-order valence-electron chi connectivity index (χ0n) is 9.59. The number of hydroxylamine groups is 2. The third kappa shape index (κ3) is 1.94. The lowest BCUT2D eigenvalue weighted by Gasteiger charge is -2.27. The van der Waals surface area contributed by atoms with Crippen molar-refractivity contribution in [2.75, 3.05) is 19.8 Å². The smallest absolute Gasteiger partial charge is 0.279 e. The number of amides is 1. The topological polar surface area (TPSA) is 38.8 Å². The van der Waals surface area contributed by atoms with Crippen LogP contribution in [0.2, 0.25) is 0 Å². The summed E-state index contributed by atoms with van der Waals surface area (Å²) < 4.78 is 5.61. The zero-order valence-corrected chi connectivity index (χ0v) is 9.59. The van der Waals surface area contributed by atoms with E-state index >= 15 is 0 Å². The fraction of sp³-hybridized carbons (Fsp3) is 0.462. The van der Waals surface area contributed by atoms with E-state index in [1.807, 2.05) is 18.2 Å². The van der Waals surface area contributed by atoms with Crippen molar-refractivity contribution in [2.45, 2.75) is 18.9 Å². The second-order valence-electron chi connectivity index (χ2n) is 4.33. The Morgan fingerprint density at radius 2 is 2.18 bits per heavy atom. The van der Waals surface area contributed by atoms with Crippen LogP contribution in [-0.2, 0) is 20.8 Å². The maximum Gasteiger partial charge on any atom is 0.279 e. The summed E-state index contributed by atoms with van der Waals surface area (Å²) in [7, 11) is 0. The second kappa shape index (κ2) is 4.47. The Hall–Kier alpha value is -1.39. The average Bonchev–Trinajstić information content (AvgIpc) is 2.91. The van der Waals surface area contributed by atoms with Gasteiger partial charge in [-0.1, -0.05) is 24.3 Å². The Morgan fingerprint density at radius 3 is 3.00 bits per heavy atom. The summed E-state index contributed by atoms with van der Waals surface area (Å²) in [6.45, 7) is 1.89. The number of nitrogens with zero attached hydrogens (tertiary/aromatic N) is 1. The molecular formula is C13H15NO3. The van der Waals surface area contributed by atoms with Crippen molar-refractivity contribution >= 4 is 5.91 Å². The van der Waals surface area contributed by atoms with Gasteiger partial charge in [0.2, 0.25) is 0 Å². The van der Waals surface area contributed by atoms with Crippen molar-refractivity contribution in [3.05, 3.63) is 35.4 Å². The van der Waals surface area contributed by atoms with E-state index in [-0.39, 0.29) is 5.91 Å². The number of ether oxygens (including phenoxy) is 1. The number of benzene rings is 1. The van der Waals surface area contributed by atoms with Gasteiger partial charge >= 0.3 is 0 Å². The minimum Gasteiger partial charge on any atom is -0.363 e. The second-order valence-corrected chi connectivity index (χ2v) is 4.33. The quantitative estimate of drug-likeness (QED) is 0.737. The molecule has 1 saturated heterocycles. The zero-order chi connectivity index (χ0) is 11.7. The van der Waals surface area contributed by atoms with Crippen LogP contribution < -0.4 is 0 Å². The van der Waals surface area contributed by atoms with Crippen molar-refractivity contribution in [3.63, 3.8) is 0 Å². The van der Waals surface area contributed by atoms with Gasteiger partial charge in [0.25, 0.3) is 5.91 Å². The van der Waals surface area contributed by atoms with Crippen LogP contribution in [0.4, 0.5) is 0 Å². The fourth-order valence-electron chi connectivity index (χ4n) is 2.35. The van der Waals surface area contributed by atoms with Crippen LogP contribution in [0.15, 0.2) is 24.3 Å². The molecule has 4 nitrogen and oxygen atoms in total. The molecule has 0 bridgehead atoms. The fourth-order valence-corrected chi connectivity index (χ4v) is 2.35. The van der Waals surface area contributed by atoms with Crippen LogP contribution in [0.5, 0.6) is 0 Å². The van der Waals surface area contributed by atoms with Crippen molar-refractivity contribution in [2.24, 2.45) is 0 Å². The molecule has 3 rings (SSSR count). The number of hydrogen-bond acceptors (Lipinski definition) is 3. The Bertz CT molecular complexity index is 426. The third-order valence-corrected chi connectivity index (χ3v) is 3.22. The maximum atomic E-state index is 12.2. The number of hydrogen-bond donors (Lipinski definition) is 0. The molecule has 1 aromatic rings. The molecule has 1 fully saturated rings. The van der Waals surface area contributed by atoms with Gasteiger partial charge in [-0.15, -0.1) is 0 Å². The average molecular weight is 233 g/mol. The molecular weight excluding hydrogens is 218 g/mol. The highest BCUT2D eigenvalue weighted by Crippen LogP contribution is 2.29. The summed E-state index contributed by atoms with van der Waals surface area (Å²) in [5, 5.41) is 1.44. The highest BCUT2D eigenvalue weighted by Gasteiger charge is 2.32. The van der Waals surface area contributed by atoms with E-state index in [1.54, 1.807) is 0 Å². The highest BCUT2D eigenvalue weighted by molar-refractivity contribution is 5.82. The molecule has 2 heterocycles. The summed E-state index contributed by atoms with van der Waals surface area (Å²) >= 11 is 0. The van der Waals surface area contributed by atoms with Gasteiger partial charge in [0.15, 0.2) is 6.10 Å². The van der Waals surface area contributed by atoms with Crippen molar-refractivity contribution < 1.29 is 14.4 Å². The van der Waals surface area contributed by atoms with Crippen LogP contribution >= 0.6 is 0 Å². The molecule has 90 valence electrons. The summed E-state index contributed by atoms with van der Waals surface area (Å²) in [5.74, 6) is -0.0744. The van der Waals surface area contributed by atoms with Crippen LogP contribution in [0.3, 0.4) is 0 Å². The van der Waals surface area contributed by atoms with Gasteiger partial charge in [-0.2, -0.15) is 0 Å². The molecule has 2 aliphatic rings. The van der Waals surface area contributed by atoms with Crippen molar-refractivity contribution in [1.29, 1.82) is 0 Å². The third-order valence-electron chi connectivity index (χ3n) is 3.22. The van der Waals surface area contributed by atoms with Crippen LogP contribution in [-0.4, -0.2) is 30.7 Å². The van der Waals surface area contributed by atoms with Crippen LogP contribution in [0.1, 0.15) is 23.7 Å². The van der Waals surface area contributed by atoms with Crippen LogP contribution in [0, 0.1) is 0 Å². The summed E-state index contributed by atoms with van der Waals surface area (Å²) in [6, 6.07) is 7.97. The number of carbonyl (C=O) groups is 1. The highest BCUT2D eigenvalue weighted by atomic mass is 16.7. The van der Waals surface area contributed by atoms with E-state index in [2.05, 4.69) is 6.07 Å². The molecule has 0 aromatic heterocycles. The lowest BCUT2D eigenvalue weighted by molar-refractivity contribution is -0.182. The van der Waals surface area contributed by atoms with E-state index in [4.69, 9.17) is 9.57 Å². The van der Waals surface area contributed by atoms with E-state index in [0.717, 1.165) is 18.4 Å². The SMILES string of the molecule is O=C([C@H]1OCCc2ccccc21)N1CCCO1. The lowest BCUT2D eigenvalue weighted by atomic mass is 9.97. The van der Waals surface area contributed by atoms with E-state index in [0.29, 0.717) is 19.8 Å². The molecule has 0 N–H and O–H groups in total. The van der Waals surface area contributed by atoms with Gasteiger partial charge in [0.1, 0.15) is 0 Å². The first-order chi connectivity index (χ1) is 8.36. The summed E-state index contributed by atoms with van der Waals surface area (Å²) in [4.78, 5) is 17.5. The Labute approximate surface area is 100 Å². The molecule has 0 aliphatic carbocycles. The Morgan fingerprint density at radius 1 is 1.29 bits per heavy atom. The van der Waals surface area contributed by atoms with Gasteiger partial charge in [0, 0.05) is 0 Å². The molecule has 2 aliphatic heterocycles. The van der Waals surface area contributed by atoms with Gasteiger partial charge in [-0.25, -0.2) is 5.06 Å². The van der Waals surface area contributed by atoms with E-state index < -0.39 is 6.10 Å². The molecule has 1 aromatic carbocycles. The predicted octanol–water partition coefficient (Wildman–Crippen LogP) is 1.46. The first-order valence-electron chi connectivity index (χ1n) is 6.00. The summed E-state index contributed by atoms with van der Waals surface area (Å²) in [6.07, 6.45) is 1.29. The number of carbonyl (C=O) groups excluding carboxylic acids is 1. The number of fused-ring (bicyclic) bond motifs is 1. The molecule has 1 amide bonds. The van der Waals surface area contributed by atoms with Gasteiger partial charge in [-0.3, -0.25) is 9.63 Å². The first-order valence-corrected chi connectivity index (χ1v) is 6.00. The standard InChI is InChI=1S/C13H15NO3/c15-13(14-7-3-8-17-14)12-11-5-2-1-4-10(11)6-9-16-12/h1-2,4-5,12H,3,6-9H2/t12-/m0/s1. The van der Waals surface area contributed by atoms with Crippen molar-refractivity contribution in [1.82, 2.24) is 5.06 Å². The Balaban J connectivity index is 1.86. The van der Waals surface area contributed by atoms with Gasteiger partial charge in [-0.05, 0) is 24.0 Å². The van der Waals surface area contributed by atoms with Gasteiger partial charge < -0.3 is 4.74 Å². The first kappa shape index (κ1) is 10.7. The number of rotatable bonds is 1. The minimum atomic E-state index is -0.488. The van der Waals surface area contributed by atoms with Gasteiger partial charge in [0.05, 0.1) is 19.8 Å². The van der Waals surface area contributed by atoms with E-state index in [9.17, 15) is 4.79 Å². The van der Waals surface area contributed by atoms with Crippen LogP contribution in [0.25, 0.3) is 0 Å². The predicted molar refractivity (Wildman–Crippen MR) is 61.1 cm³/mol. The molecule has 1 atom stereocenters. The molecule has 0 saturated carbocycles. The van der Waals surface area contributed by atoms with Crippen molar-refractivity contribution in [3.8, 4) is 0 Å². The summed E-state index contributed by atoms with van der Waals surface area (Å²) in [5.41, 5.74) is 2.19. The molecule has 17 heavy (non-hydrogen) atoms. The monoisotopic (exact) mass is 233 g/mol.